The number of hydrogen-bond acceptors (Lipinski definition) is 4. The molecule has 0 aliphatic heterocycles. The molecular weight excluding hydrogens is 302 g/mol. The lowest BCUT2D eigenvalue weighted by molar-refractivity contribution is 0.181. The van der Waals surface area contributed by atoms with E-state index in [0.717, 1.165) is 18.1 Å². The first-order valence-electron chi connectivity index (χ1n) is 8.62. The third-order valence-electron chi connectivity index (χ3n) is 4.13. The molecule has 0 unspecified atom stereocenters. The molecule has 2 aromatic rings. The number of benzene rings is 1. The Morgan fingerprint density at radius 3 is 2.67 bits per heavy atom. The molecular formula is C19H29N3O2. The Kier molecular flexibility index (Phi) is 6.82. The first kappa shape index (κ1) is 18.5. The van der Waals surface area contributed by atoms with Crippen LogP contribution in [-0.2, 0) is 13.1 Å². The van der Waals surface area contributed by atoms with Crippen molar-refractivity contribution in [1.82, 2.24) is 14.9 Å². The highest BCUT2D eigenvalue weighted by Crippen LogP contribution is 2.30. The molecule has 0 radical (unpaired) electrons. The summed E-state index contributed by atoms with van der Waals surface area (Å²) in [7, 11) is 0. The SMILES string of the molecule is CCOc1cc(C)c(CN(CCO)Cc2ncc[nH]2)cc1C(C)C. The van der Waals surface area contributed by atoms with E-state index in [1.54, 1.807) is 6.20 Å². The summed E-state index contributed by atoms with van der Waals surface area (Å²) in [4.78, 5) is 9.62. The predicted molar refractivity (Wildman–Crippen MR) is 96.2 cm³/mol. The molecule has 132 valence electrons. The molecule has 0 atom stereocenters. The van der Waals surface area contributed by atoms with Crippen molar-refractivity contribution in [3.8, 4) is 5.75 Å². The van der Waals surface area contributed by atoms with Crippen LogP contribution in [0.15, 0.2) is 24.5 Å². The monoisotopic (exact) mass is 331 g/mol. The van der Waals surface area contributed by atoms with Crippen molar-refractivity contribution in [2.45, 2.75) is 46.7 Å². The molecule has 0 saturated heterocycles. The van der Waals surface area contributed by atoms with Crippen LogP contribution < -0.4 is 4.74 Å². The summed E-state index contributed by atoms with van der Waals surface area (Å²) in [5, 5.41) is 9.38. The van der Waals surface area contributed by atoms with Crippen LogP contribution in [-0.4, -0.2) is 39.7 Å². The van der Waals surface area contributed by atoms with Crippen molar-refractivity contribution in [1.29, 1.82) is 0 Å². The van der Waals surface area contributed by atoms with Gasteiger partial charge in [-0.1, -0.05) is 19.9 Å². The summed E-state index contributed by atoms with van der Waals surface area (Å²) in [5.41, 5.74) is 3.71. The van der Waals surface area contributed by atoms with Crippen molar-refractivity contribution in [2.24, 2.45) is 0 Å². The Morgan fingerprint density at radius 2 is 2.08 bits per heavy atom. The minimum absolute atomic E-state index is 0.133. The van der Waals surface area contributed by atoms with Gasteiger partial charge < -0.3 is 14.8 Å². The van der Waals surface area contributed by atoms with Crippen molar-refractivity contribution in [3.05, 3.63) is 47.0 Å². The van der Waals surface area contributed by atoms with Gasteiger partial charge in [-0.25, -0.2) is 4.98 Å². The number of aromatic nitrogens is 2. The average molecular weight is 331 g/mol. The summed E-state index contributed by atoms with van der Waals surface area (Å²) in [6.45, 7) is 11.4. The van der Waals surface area contributed by atoms with Crippen LogP contribution in [0.2, 0.25) is 0 Å². The molecule has 2 rings (SSSR count). The van der Waals surface area contributed by atoms with Crippen LogP contribution in [0.4, 0.5) is 0 Å². The molecule has 0 fully saturated rings. The van der Waals surface area contributed by atoms with Gasteiger partial charge in [0.1, 0.15) is 11.6 Å². The fourth-order valence-corrected chi connectivity index (χ4v) is 2.84. The number of rotatable bonds is 9. The highest BCUT2D eigenvalue weighted by Gasteiger charge is 2.15. The Labute approximate surface area is 144 Å². The zero-order valence-corrected chi connectivity index (χ0v) is 15.2. The van der Waals surface area contributed by atoms with Crippen LogP contribution in [0.3, 0.4) is 0 Å². The maximum absolute atomic E-state index is 9.38. The Hall–Kier alpha value is -1.85. The van der Waals surface area contributed by atoms with E-state index in [1.165, 1.54) is 16.7 Å². The van der Waals surface area contributed by atoms with E-state index >= 15 is 0 Å². The topological polar surface area (TPSA) is 61.4 Å². The van der Waals surface area contributed by atoms with Crippen molar-refractivity contribution in [3.63, 3.8) is 0 Å². The molecule has 1 aromatic carbocycles. The molecule has 5 nitrogen and oxygen atoms in total. The molecule has 5 heteroatoms. The molecule has 2 N–H and O–H groups in total. The van der Waals surface area contributed by atoms with E-state index in [9.17, 15) is 5.11 Å². The third kappa shape index (κ3) is 4.82. The van der Waals surface area contributed by atoms with Gasteiger partial charge in [0.2, 0.25) is 0 Å². The summed E-state index contributed by atoms with van der Waals surface area (Å²) >= 11 is 0. The molecule has 0 aliphatic rings. The fraction of sp³-hybridized carbons (Fsp3) is 0.526. The zero-order valence-electron chi connectivity index (χ0n) is 15.2. The molecule has 1 aromatic heterocycles. The second-order valence-corrected chi connectivity index (χ2v) is 6.37. The first-order chi connectivity index (χ1) is 11.5. The number of imidazole rings is 1. The average Bonchev–Trinajstić information content (AvgIpc) is 3.03. The van der Waals surface area contributed by atoms with Gasteiger partial charge in [0, 0.05) is 25.5 Å². The van der Waals surface area contributed by atoms with Crippen LogP contribution in [0.1, 0.15) is 49.2 Å². The molecule has 0 saturated carbocycles. The quantitative estimate of drug-likeness (QED) is 0.740. The van der Waals surface area contributed by atoms with E-state index < -0.39 is 0 Å². The Bertz CT molecular complexity index is 624. The number of H-pyrrole nitrogens is 1. The smallest absolute Gasteiger partial charge is 0.123 e. The molecule has 0 spiro atoms. The second-order valence-electron chi connectivity index (χ2n) is 6.37. The number of aryl methyl sites for hydroxylation is 1. The van der Waals surface area contributed by atoms with E-state index in [-0.39, 0.29) is 6.61 Å². The van der Waals surface area contributed by atoms with Gasteiger partial charge in [-0.3, -0.25) is 4.90 Å². The largest absolute Gasteiger partial charge is 0.494 e. The predicted octanol–water partition coefficient (Wildman–Crippen LogP) is 3.23. The molecule has 0 amide bonds. The highest BCUT2D eigenvalue weighted by molar-refractivity contribution is 5.44. The second kappa shape index (κ2) is 8.85. The number of hydrogen-bond donors (Lipinski definition) is 2. The molecule has 24 heavy (non-hydrogen) atoms. The summed E-state index contributed by atoms with van der Waals surface area (Å²) in [6.07, 6.45) is 3.58. The zero-order chi connectivity index (χ0) is 17.5. The highest BCUT2D eigenvalue weighted by atomic mass is 16.5. The first-order valence-corrected chi connectivity index (χ1v) is 8.62. The minimum Gasteiger partial charge on any atom is -0.494 e. The molecule has 0 bridgehead atoms. The van der Waals surface area contributed by atoms with E-state index in [2.05, 4.69) is 47.8 Å². The lowest BCUT2D eigenvalue weighted by Crippen LogP contribution is -2.27. The summed E-state index contributed by atoms with van der Waals surface area (Å²) in [5.74, 6) is 2.30. The number of aromatic amines is 1. The van der Waals surface area contributed by atoms with Crippen molar-refractivity contribution < 1.29 is 9.84 Å². The van der Waals surface area contributed by atoms with Crippen molar-refractivity contribution in [2.75, 3.05) is 19.8 Å². The number of nitrogens with one attached hydrogen (secondary N) is 1. The van der Waals surface area contributed by atoms with Crippen molar-refractivity contribution >= 4 is 0 Å². The summed E-state index contributed by atoms with van der Waals surface area (Å²) in [6, 6.07) is 4.38. The van der Waals surface area contributed by atoms with Crippen LogP contribution in [0.5, 0.6) is 5.75 Å². The van der Waals surface area contributed by atoms with Crippen LogP contribution in [0, 0.1) is 6.92 Å². The van der Waals surface area contributed by atoms with E-state index in [4.69, 9.17) is 4.74 Å². The Balaban J connectivity index is 2.23. The van der Waals surface area contributed by atoms with E-state index in [1.807, 2.05) is 13.1 Å². The van der Waals surface area contributed by atoms with Gasteiger partial charge >= 0.3 is 0 Å². The number of aliphatic hydroxyl groups excluding tert-OH is 1. The van der Waals surface area contributed by atoms with E-state index in [0.29, 0.717) is 25.6 Å². The third-order valence-corrected chi connectivity index (χ3v) is 4.13. The fourth-order valence-electron chi connectivity index (χ4n) is 2.84. The van der Waals surface area contributed by atoms with Crippen LogP contribution >= 0.6 is 0 Å². The van der Waals surface area contributed by atoms with Gasteiger partial charge in [-0.05, 0) is 42.5 Å². The lowest BCUT2D eigenvalue weighted by atomic mass is 9.96. The van der Waals surface area contributed by atoms with Gasteiger partial charge in [-0.15, -0.1) is 0 Å². The maximum Gasteiger partial charge on any atom is 0.123 e. The number of ether oxygens (including phenoxy) is 1. The standard InChI is InChI=1S/C19H29N3O2/c1-5-24-18-10-15(4)16(11-17(18)14(2)3)12-22(8-9-23)13-19-20-6-7-21-19/h6-7,10-11,14,23H,5,8-9,12-13H2,1-4H3,(H,20,21). The molecule has 0 aliphatic carbocycles. The number of nitrogens with zero attached hydrogens (tertiary/aromatic N) is 2. The van der Waals surface area contributed by atoms with Gasteiger partial charge in [0.25, 0.3) is 0 Å². The molecule has 1 heterocycles. The van der Waals surface area contributed by atoms with Gasteiger partial charge in [0.05, 0.1) is 19.8 Å². The van der Waals surface area contributed by atoms with Gasteiger partial charge in [-0.2, -0.15) is 0 Å². The lowest BCUT2D eigenvalue weighted by Gasteiger charge is -2.23. The Morgan fingerprint density at radius 1 is 1.29 bits per heavy atom. The minimum atomic E-state index is 0.133. The normalized spacial score (nSPS) is 11.5. The maximum atomic E-state index is 9.38. The summed E-state index contributed by atoms with van der Waals surface area (Å²) < 4.78 is 5.80. The van der Waals surface area contributed by atoms with Gasteiger partial charge in [0.15, 0.2) is 0 Å². The number of aliphatic hydroxyl groups is 1. The van der Waals surface area contributed by atoms with Crippen LogP contribution in [0.25, 0.3) is 0 Å².